The van der Waals surface area contributed by atoms with E-state index in [1.54, 1.807) is 6.92 Å². The van der Waals surface area contributed by atoms with Crippen LogP contribution in [0.3, 0.4) is 0 Å². The largest absolute Gasteiger partial charge is 0.377 e. The van der Waals surface area contributed by atoms with Gasteiger partial charge in [-0.15, -0.1) is 0 Å². The molecule has 1 aromatic carbocycles. The Hall–Kier alpha value is -3.20. The molecule has 0 aliphatic carbocycles. The summed E-state index contributed by atoms with van der Waals surface area (Å²) in [6.07, 6.45) is 2.70. The second-order valence-electron chi connectivity index (χ2n) is 11.2. The number of morpholine rings is 1. The topological polar surface area (TPSA) is 99.7 Å². The van der Waals surface area contributed by atoms with E-state index < -0.39 is 0 Å². The molecule has 3 amide bonds. The normalized spacial score (nSPS) is 17.8. The Kier molecular flexibility index (Phi) is 8.32. The molecule has 3 heterocycles. The number of fused-ring (bicyclic) bond motifs is 1. The van der Waals surface area contributed by atoms with Crippen LogP contribution < -0.4 is 15.5 Å². The van der Waals surface area contributed by atoms with E-state index in [1.165, 1.54) is 0 Å². The van der Waals surface area contributed by atoms with Crippen molar-refractivity contribution in [2.45, 2.75) is 66.5 Å². The van der Waals surface area contributed by atoms with Gasteiger partial charge in [-0.2, -0.15) is 0 Å². The molecule has 1 fully saturated rings. The zero-order valence-electron chi connectivity index (χ0n) is 22.8. The Morgan fingerprint density at radius 3 is 2.57 bits per heavy atom. The van der Waals surface area contributed by atoms with Gasteiger partial charge in [0.1, 0.15) is 5.82 Å². The fourth-order valence-electron chi connectivity index (χ4n) is 4.77. The summed E-state index contributed by atoms with van der Waals surface area (Å²) in [4.78, 5) is 38.4. The third-order valence-corrected chi connectivity index (χ3v) is 6.91. The molecule has 1 saturated heterocycles. The Balaban J connectivity index is 1.51. The van der Waals surface area contributed by atoms with Crippen molar-refractivity contribution in [2.24, 2.45) is 5.41 Å². The van der Waals surface area contributed by atoms with Gasteiger partial charge in [0.25, 0.3) is 0 Å². The van der Waals surface area contributed by atoms with E-state index in [1.807, 2.05) is 29.2 Å². The number of nitrogens with one attached hydrogen (secondary N) is 2. The van der Waals surface area contributed by atoms with Gasteiger partial charge in [-0.3, -0.25) is 4.79 Å². The highest BCUT2D eigenvalue weighted by Crippen LogP contribution is 2.32. The maximum absolute atomic E-state index is 12.3. The lowest BCUT2D eigenvalue weighted by Gasteiger charge is -2.38. The van der Waals surface area contributed by atoms with Crippen LogP contribution in [-0.2, 0) is 22.5 Å². The lowest BCUT2D eigenvalue weighted by atomic mass is 9.91. The molecule has 2 N–H and O–H groups in total. The highest BCUT2D eigenvalue weighted by atomic mass is 16.5. The first-order chi connectivity index (χ1) is 17.6. The summed E-state index contributed by atoms with van der Waals surface area (Å²) in [6, 6.07) is 7.61. The summed E-state index contributed by atoms with van der Waals surface area (Å²) in [6.45, 7) is 14.2. The first kappa shape index (κ1) is 26.9. The number of anilines is 2. The molecule has 4 rings (SSSR count). The van der Waals surface area contributed by atoms with Crippen LogP contribution in [0.1, 0.15) is 58.7 Å². The lowest BCUT2D eigenvalue weighted by Crippen LogP contribution is -2.46. The van der Waals surface area contributed by atoms with Gasteiger partial charge in [-0.25, -0.2) is 14.8 Å². The minimum atomic E-state index is -0.203. The van der Waals surface area contributed by atoms with Crippen LogP contribution in [0.5, 0.6) is 0 Å². The van der Waals surface area contributed by atoms with Crippen LogP contribution in [-0.4, -0.2) is 65.7 Å². The number of ether oxygens (including phenoxy) is 1. The van der Waals surface area contributed by atoms with Crippen molar-refractivity contribution < 1.29 is 14.3 Å². The van der Waals surface area contributed by atoms with Gasteiger partial charge in [0, 0.05) is 49.8 Å². The van der Waals surface area contributed by atoms with Crippen molar-refractivity contribution in [3.8, 4) is 11.4 Å². The Labute approximate surface area is 220 Å². The molecule has 0 bridgehead atoms. The molecule has 2 aromatic rings. The molecule has 1 aromatic heterocycles. The Morgan fingerprint density at radius 2 is 1.89 bits per heavy atom. The number of rotatable bonds is 6. The number of hydrogen-bond acceptors (Lipinski definition) is 6. The summed E-state index contributed by atoms with van der Waals surface area (Å²) in [7, 11) is 0. The number of hydrogen-bond donors (Lipinski definition) is 2. The predicted molar refractivity (Wildman–Crippen MR) is 146 cm³/mol. The van der Waals surface area contributed by atoms with Crippen molar-refractivity contribution in [2.75, 3.05) is 43.1 Å². The highest BCUT2D eigenvalue weighted by Gasteiger charge is 2.29. The Bertz CT molecular complexity index is 1110. The van der Waals surface area contributed by atoms with Crippen LogP contribution in [0, 0.1) is 5.41 Å². The number of carbonyl (C=O) groups excluding carboxylic acids is 2. The van der Waals surface area contributed by atoms with Gasteiger partial charge >= 0.3 is 6.03 Å². The molecule has 200 valence electrons. The van der Waals surface area contributed by atoms with E-state index >= 15 is 0 Å². The van der Waals surface area contributed by atoms with Gasteiger partial charge in [0.15, 0.2) is 5.82 Å². The van der Waals surface area contributed by atoms with E-state index in [0.717, 1.165) is 42.0 Å². The summed E-state index contributed by atoms with van der Waals surface area (Å²) >= 11 is 0. The first-order valence-electron chi connectivity index (χ1n) is 13.3. The van der Waals surface area contributed by atoms with Crippen LogP contribution >= 0.6 is 0 Å². The maximum Gasteiger partial charge on any atom is 0.319 e. The van der Waals surface area contributed by atoms with E-state index in [4.69, 9.17) is 14.7 Å². The van der Waals surface area contributed by atoms with Crippen LogP contribution in [0.2, 0.25) is 0 Å². The van der Waals surface area contributed by atoms with E-state index in [9.17, 15) is 9.59 Å². The molecule has 37 heavy (non-hydrogen) atoms. The monoisotopic (exact) mass is 508 g/mol. The van der Waals surface area contributed by atoms with Gasteiger partial charge in [-0.1, -0.05) is 20.8 Å². The molecular weight excluding hydrogens is 468 g/mol. The summed E-state index contributed by atoms with van der Waals surface area (Å²) in [5.41, 5.74) is 3.89. The number of benzene rings is 1. The fourth-order valence-corrected chi connectivity index (χ4v) is 4.77. The second kappa shape index (κ2) is 11.5. The van der Waals surface area contributed by atoms with Crippen molar-refractivity contribution in [3.05, 3.63) is 35.5 Å². The number of urea groups is 1. The van der Waals surface area contributed by atoms with E-state index in [-0.39, 0.29) is 23.4 Å². The average molecular weight is 509 g/mol. The van der Waals surface area contributed by atoms with Gasteiger partial charge < -0.3 is 25.2 Å². The van der Waals surface area contributed by atoms with E-state index in [0.29, 0.717) is 50.8 Å². The summed E-state index contributed by atoms with van der Waals surface area (Å²) in [5, 5.41) is 5.83. The number of amides is 3. The highest BCUT2D eigenvalue weighted by molar-refractivity contribution is 5.89. The average Bonchev–Trinajstić information content (AvgIpc) is 2.86. The molecular formula is C28H40N6O3. The van der Waals surface area contributed by atoms with Crippen LogP contribution in [0.4, 0.5) is 16.3 Å². The van der Waals surface area contributed by atoms with Crippen LogP contribution in [0.25, 0.3) is 11.4 Å². The minimum absolute atomic E-state index is 0.0667. The summed E-state index contributed by atoms with van der Waals surface area (Å²) < 4.78 is 5.65. The quantitative estimate of drug-likeness (QED) is 0.567. The number of nitrogens with zero attached hydrogens (tertiary/aromatic N) is 4. The van der Waals surface area contributed by atoms with Gasteiger partial charge in [0.05, 0.1) is 31.5 Å². The number of carbonyl (C=O) groups is 2. The molecule has 0 saturated carbocycles. The standard InChI is InChI=1S/C28H40N6O3/c1-19-18-37-16-15-34(19)26-23-17-33(20(2)35)14-11-24(23)31-25(32-26)21-7-9-22(10-8-21)30-27(36)29-13-6-12-28(3,4)5/h7-10,19H,6,11-18H2,1-5H3,(H2,29,30,36). The van der Waals surface area contributed by atoms with Crippen molar-refractivity contribution >= 4 is 23.4 Å². The fraction of sp³-hybridized carbons (Fsp3) is 0.571. The lowest BCUT2D eigenvalue weighted by molar-refractivity contribution is -0.129. The molecule has 0 radical (unpaired) electrons. The maximum atomic E-state index is 12.3. The second-order valence-corrected chi connectivity index (χ2v) is 11.2. The van der Waals surface area contributed by atoms with Crippen molar-refractivity contribution in [1.82, 2.24) is 20.2 Å². The molecule has 2 aliphatic heterocycles. The smallest absolute Gasteiger partial charge is 0.319 e. The first-order valence-corrected chi connectivity index (χ1v) is 13.3. The predicted octanol–water partition coefficient (Wildman–Crippen LogP) is 4.22. The zero-order chi connectivity index (χ0) is 26.6. The Morgan fingerprint density at radius 1 is 1.14 bits per heavy atom. The van der Waals surface area contributed by atoms with Gasteiger partial charge in [-0.05, 0) is 49.4 Å². The summed E-state index contributed by atoms with van der Waals surface area (Å²) in [5.74, 6) is 1.61. The molecule has 9 heteroatoms. The third kappa shape index (κ3) is 6.97. The molecule has 2 aliphatic rings. The van der Waals surface area contributed by atoms with Crippen LogP contribution in [0.15, 0.2) is 24.3 Å². The zero-order valence-corrected chi connectivity index (χ0v) is 22.8. The molecule has 9 nitrogen and oxygen atoms in total. The third-order valence-electron chi connectivity index (χ3n) is 6.91. The SMILES string of the molecule is CC(=O)N1CCc2nc(-c3ccc(NC(=O)NCCCC(C)(C)C)cc3)nc(N3CCOCC3C)c2C1. The minimum Gasteiger partial charge on any atom is -0.377 e. The molecule has 1 unspecified atom stereocenters. The van der Waals surface area contributed by atoms with Crippen molar-refractivity contribution in [1.29, 1.82) is 0 Å². The number of aromatic nitrogens is 2. The van der Waals surface area contributed by atoms with Crippen molar-refractivity contribution in [3.63, 3.8) is 0 Å². The van der Waals surface area contributed by atoms with Gasteiger partial charge in [0.2, 0.25) is 5.91 Å². The van der Waals surface area contributed by atoms with E-state index in [2.05, 4.69) is 43.2 Å². The molecule has 1 atom stereocenters. The molecule has 0 spiro atoms.